The van der Waals surface area contributed by atoms with E-state index in [1.165, 1.54) is 19.2 Å². The molecule has 0 aliphatic carbocycles. The number of hydrogen-bond acceptors (Lipinski definition) is 3. The standard InChI is InChI=1S/C16H13F2NO4/c1-23-14-5-2-9(6-12(14)16(21)22)8-19-15(20)11-4-3-10(17)7-13(11)18/h2-7H,8H2,1H3,(H,19,20)(H,21,22). The summed E-state index contributed by atoms with van der Waals surface area (Å²) in [6, 6.07) is 7.02. The lowest BCUT2D eigenvalue weighted by Gasteiger charge is -2.09. The number of amides is 1. The van der Waals surface area contributed by atoms with E-state index in [2.05, 4.69) is 5.32 Å². The number of benzene rings is 2. The van der Waals surface area contributed by atoms with Gasteiger partial charge in [-0.3, -0.25) is 4.79 Å². The van der Waals surface area contributed by atoms with Crippen LogP contribution in [0.5, 0.6) is 5.75 Å². The van der Waals surface area contributed by atoms with Crippen molar-refractivity contribution in [2.24, 2.45) is 0 Å². The molecule has 0 fully saturated rings. The van der Waals surface area contributed by atoms with E-state index in [0.29, 0.717) is 11.6 Å². The first-order valence-electron chi connectivity index (χ1n) is 6.56. The minimum atomic E-state index is -1.17. The van der Waals surface area contributed by atoms with Crippen molar-refractivity contribution in [1.29, 1.82) is 0 Å². The van der Waals surface area contributed by atoms with E-state index in [9.17, 15) is 18.4 Å². The van der Waals surface area contributed by atoms with Crippen LogP contribution in [0, 0.1) is 11.6 Å². The van der Waals surface area contributed by atoms with Crippen molar-refractivity contribution in [3.8, 4) is 5.75 Å². The van der Waals surface area contributed by atoms with E-state index >= 15 is 0 Å². The number of nitrogens with one attached hydrogen (secondary N) is 1. The molecular formula is C16H13F2NO4. The largest absolute Gasteiger partial charge is 0.496 e. The van der Waals surface area contributed by atoms with Crippen LogP contribution in [0.4, 0.5) is 8.78 Å². The van der Waals surface area contributed by atoms with Gasteiger partial charge in [0.2, 0.25) is 0 Å². The van der Waals surface area contributed by atoms with Crippen LogP contribution in [0.15, 0.2) is 36.4 Å². The van der Waals surface area contributed by atoms with E-state index in [1.807, 2.05) is 0 Å². The predicted octanol–water partition coefficient (Wildman–Crippen LogP) is 2.60. The van der Waals surface area contributed by atoms with Crippen molar-refractivity contribution in [1.82, 2.24) is 5.32 Å². The molecule has 120 valence electrons. The zero-order chi connectivity index (χ0) is 17.0. The molecule has 0 bridgehead atoms. The summed E-state index contributed by atoms with van der Waals surface area (Å²) in [5, 5.41) is 11.5. The van der Waals surface area contributed by atoms with Gasteiger partial charge in [-0.15, -0.1) is 0 Å². The Morgan fingerprint density at radius 1 is 1.13 bits per heavy atom. The molecule has 0 heterocycles. The molecule has 2 N–H and O–H groups in total. The Hall–Kier alpha value is -2.96. The number of carbonyl (C=O) groups is 2. The topological polar surface area (TPSA) is 75.6 Å². The molecule has 2 rings (SSSR count). The molecule has 0 spiro atoms. The van der Waals surface area contributed by atoms with Gasteiger partial charge in [-0.05, 0) is 29.8 Å². The van der Waals surface area contributed by atoms with Gasteiger partial charge >= 0.3 is 5.97 Å². The van der Waals surface area contributed by atoms with E-state index in [0.717, 1.165) is 12.1 Å². The number of hydrogen-bond donors (Lipinski definition) is 2. The summed E-state index contributed by atoms with van der Waals surface area (Å²) >= 11 is 0. The van der Waals surface area contributed by atoms with Crippen molar-refractivity contribution in [2.45, 2.75) is 6.54 Å². The second kappa shape index (κ2) is 6.87. The zero-order valence-electron chi connectivity index (χ0n) is 12.1. The van der Waals surface area contributed by atoms with Crippen LogP contribution in [0.25, 0.3) is 0 Å². The second-order valence-electron chi connectivity index (χ2n) is 4.65. The van der Waals surface area contributed by atoms with Gasteiger partial charge in [0.05, 0.1) is 12.7 Å². The number of halogens is 2. The third kappa shape index (κ3) is 3.82. The van der Waals surface area contributed by atoms with Crippen LogP contribution in [0.1, 0.15) is 26.3 Å². The summed E-state index contributed by atoms with van der Waals surface area (Å²) in [7, 11) is 1.35. The van der Waals surface area contributed by atoms with Crippen LogP contribution >= 0.6 is 0 Å². The summed E-state index contributed by atoms with van der Waals surface area (Å²) in [6.45, 7) is -0.0140. The normalized spacial score (nSPS) is 10.2. The fourth-order valence-corrected chi connectivity index (χ4v) is 1.98. The molecule has 0 aliphatic heterocycles. The molecule has 5 nitrogen and oxygen atoms in total. The molecule has 0 radical (unpaired) electrons. The third-order valence-corrected chi connectivity index (χ3v) is 3.12. The Morgan fingerprint density at radius 3 is 2.48 bits per heavy atom. The fourth-order valence-electron chi connectivity index (χ4n) is 1.98. The highest BCUT2D eigenvalue weighted by Gasteiger charge is 2.14. The Morgan fingerprint density at radius 2 is 1.87 bits per heavy atom. The number of carbonyl (C=O) groups excluding carboxylic acids is 1. The Bertz CT molecular complexity index is 762. The van der Waals surface area contributed by atoms with Crippen LogP contribution in [-0.2, 0) is 6.54 Å². The van der Waals surface area contributed by atoms with Gasteiger partial charge in [0.15, 0.2) is 0 Å². The molecule has 23 heavy (non-hydrogen) atoms. The maximum absolute atomic E-state index is 13.5. The minimum absolute atomic E-state index is 0.0140. The smallest absolute Gasteiger partial charge is 0.339 e. The number of aromatic carboxylic acids is 1. The molecule has 0 atom stereocenters. The van der Waals surface area contributed by atoms with Gasteiger partial charge in [0.25, 0.3) is 5.91 Å². The van der Waals surface area contributed by atoms with Gasteiger partial charge in [-0.1, -0.05) is 6.07 Å². The summed E-state index contributed by atoms with van der Waals surface area (Å²) in [5.74, 6) is -3.45. The molecule has 0 saturated heterocycles. The highest BCUT2D eigenvalue weighted by molar-refractivity contribution is 5.94. The van der Waals surface area contributed by atoms with Crippen molar-refractivity contribution < 1.29 is 28.2 Å². The Kier molecular flexibility index (Phi) is 4.90. The SMILES string of the molecule is COc1ccc(CNC(=O)c2ccc(F)cc2F)cc1C(=O)O. The van der Waals surface area contributed by atoms with Crippen molar-refractivity contribution >= 4 is 11.9 Å². The van der Waals surface area contributed by atoms with E-state index < -0.39 is 23.5 Å². The van der Waals surface area contributed by atoms with Crippen LogP contribution < -0.4 is 10.1 Å². The highest BCUT2D eigenvalue weighted by atomic mass is 19.1. The monoisotopic (exact) mass is 321 g/mol. The quantitative estimate of drug-likeness (QED) is 0.887. The molecule has 1 amide bonds. The first-order valence-corrected chi connectivity index (χ1v) is 6.56. The summed E-state index contributed by atoms with van der Waals surface area (Å²) in [4.78, 5) is 23.0. The van der Waals surface area contributed by atoms with Gasteiger partial charge < -0.3 is 15.2 Å². The molecular weight excluding hydrogens is 308 g/mol. The van der Waals surface area contributed by atoms with Gasteiger partial charge in [0.1, 0.15) is 22.9 Å². The molecule has 0 aliphatic rings. The zero-order valence-corrected chi connectivity index (χ0v) is 12.1. The number of carboxylic acid groups (broad SMARTS) is 1. The summed E-state index contributed by atoms with van der Waals surface area (Å²) in [5.41, 5.74) is 0.157. The lowest BCUT2D eigenvalue weighted by molar-refractivity contribution is 0.0693. The van der Waals surface area contributed by atoms with E-state index in [-0.39, 0.29) is 23.4 Å². The number of carboxylic acids is 1. The molecule has 2 aromatic carbocycles. The fraction of sp³-hybridized carbons (Fsp3) is 0.125. The van der Waals surface area contributed by atoms with Gasteiger partial charge in [0, 0.05) is 12.6 Å². The summed E-state index contributed by atoms with van der Waals surface area (Å²) < 4.78 is 31.2. The first kappa shape index (κ1) is 16.4. The maximum atomic E-state index is 13.5. The first-order chi connectivity index (χ1) is 10.9. The highest BCUT2D eigenvalue weighted by Crippen LogP contribution is 2.20. The molecule has 2 aromatic rings. The van der Waals surface area contributed by atoms with E-state index in [1.54, 1.807) is 6.07 Å². The Labute approximate surface area is 130 Å². The Balaban J connectivity index is 2.13. The van der Waals surface area contributed by atoms with Gasteiger partial charge in [-0.2, -0.15) is 0 Å². The van der Waals surface area contributed by atoms with Crippen molar-refractivity contribution in [3.63, 3.8) is 0 Å². The summed E-state index contributed by atoms with van der Waals surface area (Å²) in [6.07, 6.45) is 0. The minimum Gasteiger partial charge on any atom is -0.496 e. The average molecular weight is 321 g/mol. The molecule has 0 unspecified atom stereocenters. The second-order valence-corrected chi connectivity index (χ2v) is 4.65. The lowest BCUT2D eigenvalue weighted by atomic mass is 10.1. The average Bonchev–Trinajstić information content (AvgIpc) is 2.52. The van der Waals surface area contributed by atoms with Crippen LogP contribution in [0.2, 0.25) is 0 Å². The number of ether oxygens (including phenoxy) is 1. The molecule has 7 heteroatoms. The van der Waals surface area contributed by atoms with Crippen molar-refractivity contribution in [3.05, 3.63) is 64.7 Å². The van der Waals surface area contributed by atoms with E-state index in [4.69, 9.17) is 9.84 Å². The third-order valence-electron chi connectivity index (χ3n) is 3.12. The molecule has 0 saturated carbocycles. The number of rotatable bonds is 5. The molecule has 0 aromatic heterocycles. The van der Waals surface area contributed by atoms with Crippen molar-refractivity contribution in [2.75, 3.05) is 7.11 Å². The lowest BCUT2D eigenvalue weighted by Crippen LogP contribution is -2.24. The van der Waals surface area contributed by atoms with Gasteiger partial charge in [-0.25, -0.2) is 13.6 Å². The van der Waals surface area contributed by atoms with Crippen LogP contribution in [0.3, 0.4) is 0 Å². The van der Waals surface area contributed by atoms with Crippen LogP contribution in [-0.4, -0.2) is 24.1 Å². The predicted molar refractivity (Wildman–Crippen MR) is 77.5 cm³/mol. The number of methoxy groups -OCH3 is 1. The maximum Gasteiger partial charge on any atom is 0.339 e.